The van der Waals surface area contributed by atoms with Gasteiger partial charge in [-0.15, -0.1) is 0 Å². The van der Waals surface area contributed by atoms with Crippen LogP contribution >= 0.6 is 0 Å². The van der Waals surface area contributed by atoms with Crippen LogP contribution < -0.4 is 4.57 Å². The summed E-state index contributed by atoms with van der Waals surface area (Å²) in [6.45, 7) is 7.48. The largest absolute Gasteiger partial charge is 0.250 e. The minimum Gasteiger partial charge on any atom is -0.225 e. The maximum Gasteiger partial charge on any atom is 0.250 e. The quantitative estimate of drug-likeness (QED) is 0.474. The van der Waals surface area contributed by atoms with Gasteiger partial charge in [0.05, 0.1) is 0 Å². The van der Waals surface area contributed by atoms with Gasteiger partial charge in [0.15, 0.2) is 11.0 Å². The van der Waals surface area contributed by atoms with Crippen LogP contribution in [-0.2, 0) is 6.54 Å². The first-order valence-electron chi connectivity index (χ1n) is 8.75. The third-order valence-electron chi connectivity index (χ3n) is 4.91. The Bertz CT molecular complexity index is 1020. The van der Waals surface area contributed by atoms with Crippen molar-refractivity contribution in [2.24, 2.45) is 0 Å². The van der Waals surface area contributed by atoms with Gasteiger partial charge in [-0.3, -0.25) is 0 Å². The van der Waals surface area contributed by atoms with Gasteiger partial charge >= 0.3 is 0 Å². The summed E-state index contributed by atoms with van der Waals surface area (Å²) >= 11 is 0. The number of aryl methyl sites for hydroxylation is 3. The molecule has 0 atom stereocenters. The number of fused-ring (bicyclic) bond motifs is 1. The van der Waals surface area contributed by atoms with Gasteiger partial charge in [0, 0.05) is 0 Å². The van der Waals surface area contributed by atoms with E-state index in [2.05, 4.69) is 103 Å². The maximum atomic E-state index is 2.35. The highest BCUT2D eigenvalue weighted by molar-refractivity contribution is 5.74. The molecule has 0 amide bonds. The van der Waals surface area contributed by atoms with Crippen molar-refractivity contribution in [2.75, 3.05) is 0 Å². The van der Waals surface area contributed by atoms with E-state index in [4.69, 9.17) is 0 Å². The summed E-state index contributed by atoms with van der Waals surface area (Å²) in [6.07, 6.45) is 2.22. The highest BCUT2D eigenvalue weighted by Crippen LogP contribution is 2.20. The Morgan fingerprint density at radius 1 is 0.800 bits per heavy atom. The summed E-state index contributed by atoms with van der Waals surface area (Å²) in [5, 5.41) is 0. The molecule has 25 heavy (non-hydrogen) atoms. The molecule has 0 bridgehead atoms. The van der Waals surface area contributed by atoms with Gasteiger partial charge in [-0.05, 0) is 61.7 Å². The Hall–Kier alpha value is -2.87. The van der Waals surface area contributed by atoms with Crippen LogP contribution in [0.25, 0.3) is 16.7 Å². The van der Waals surface area contributed by atoms with Crippen molar-refractivity contribution in [3.8, 4) is 5.69 Å². The smallest absolute Gasteiger partial charge is 0.225 e. The van der Waals surface area contributed by atoms with E-state index in [1.165, 1.54) is 39.0 Å². The van der Waals surface area contributed by atoms with Crippen molar-refractivity contribution in [3.63, 3.8) is 0 Å². The van der Waals surface area contributed by atoms with Gasteiger partial charge in [0.25, 0.3) is 0 Å². The number of rotatable bonds is 3. The van der Waals surface area contributed by atoms with Gasteiger partial charge in [-0.1, -0.05) is 48.0 Å². The predicted octanol–water partition coefficient (Wildman–Crippen LogP) is 4.89. The van der Waals surface area contributed by atoms with E-state index < -0.39 is 0 Å². The molecular formula is C23H23N2+. The monoisotopic (exact) mass is 327 g/mol. The second kappa shape index (κ2) is 6.21. The van der Waals surface area contributed by atoms with Crippen molar-refractivity contribution in [2.45, 2.75) is 27.3 Å². The number of hydrogen-bond donors (Lipinski definition) is 0. The Kier molecular flexibility index (Phi) is 3.89. The predicted molar refractivity (Wildman–Crippen MR) is 103 cm³/mol. The van der Waals surface area contributed by atoms with Gasteiger partial charge in [-0.25, -0.2) is 4.57 Å². The molecular weight excluding hydrogens is 304 g/mol. The van der Waals surface area contributed by atoms with Crippen molar-refractivity contribution in [3.05, 3.63) is 95.3 Å². The van der Waals surface area contributed by atoms with E-state index in [0.29, 0.717) is 0 Å². The van der Waals surface area contributed by atoms with Crippen molar-refractivity contribution in [1.82, 2.24) is 4.57 Å². The SMILES string of the molecule is Cc1cc(C)c(C[n+]2cn(-c3ccccc3)c3ccccc32)c(C)c1. The fourth-order valence-corrected chi connectivity index (χ4v) is 3.72. The van der Waals surface area contributed by atoms with E-state index in [1.807, 2.05) is 0 Å². The van der Waals surface area contributed by atoms with Crippen molar-refractivity contribution < 1.29 is 4.57 Å². The molecule has 2 heteroatoms. The van der Waals surface area contributed by atoms with Crippen molar-refractivity contribution in [1.29, 1.82) is 0 Å². The Labute approximate surface area is 149 Å². The molecule has 0 aliphatic carbocycles. The van der Waals surface area contributed by atoms with Gasteiger partial charge in [0.1, 0.15) is 12.2 Å². The lowest BCUT2D eigenvalue weighted by Crippen LogP contribution is -2.33. The number of benzene rings is 3. The topological polar surface area (TPSA) is 8.81 Å². The molecule has 1 heterocycles. The highest BCUT2D eigenvalue weighted by Gasteiger charge is 2.18. The number of nitrogens with zero attached hydrogens (tertiary/aromatic N) is 2. The summed E-state index contributed by atoms with van der Waals surface area (Å²) in [6, 6.07) is 23.7. The van der Waals surface area contributed by atoms with E-state index in [0.717, 1.165) is 6.54 Å². The molecule has 3 aromatic carbocycles. The zero-order valence-corrected chi connectivity index (χ0v) is 15.0. The number of para-hydroxylation sites is 3. The lowest BCUT2D eigenvalue weighted by Gasteiger charge is -2.09. The number of aromatic nitrogens is 2. The lowest BCUT2D eigenvalue weighted by atomic mass is 10.00. The molecule has 0 aliphatic heterocycles. The van der Waals surface area contributed by atoms with Crippen LogP contribution in [0, 0.1) is 20.8 Å². The molecule has 124 valence electrons. The Balaban J connectivity index is 1.87. The average molecular weight is 327 g/mol. The molecule has 0 N–H and O–H groups in total. The first-order chi connectivity index (χ1) is 12.1. The summed E-state index contributed by atoms with van der Waals surface area (Å²) in [7, 11) is 0. The second-order valence-electron chi connectivity index (χ2n) is 6.81. The van der Waals surface area contributed by atoms with Crippen LogP contribution in [0.1, 0.15) is 22.3 Å². The maximum absolute atomic E-state index is 2.35. The highest BCUT2D eigenvalue weighted by atomic mass is 15.1. The number of imidazole rings is 1. The van der Waals surface area contributed by atoms with E-state index >= 15 is 0 Å². The molecule has 4 rings (SSSR count). The van der Waals surface area contributed by atoms with Gasteiger partial charge in [-0.2, -0.15) is 4.57 Å². The third kappa shape index (κ3) is 2.85. The standard InChI is InChI=1S/C23H23N2/c1-17-13-18(2)21(19(3)14-17)15-24-16-25(20-9-5-4-6-10-20)23-12-8-7-11-22(23)24/h4-14,16H,15H2,1-3H3/q+1. The van der Waals surface area contributed by atoms with Crippen LogP contribution in [-0.4, -0.2) is 4.57 Å². The fourth-order valence-electron chi connectivity index (χ4n) is 3.72. The minimum atomic E-state index is 0.887. The molecule has 0 radical (unpaired) electrons. The normalized spacial score (nSPS) is 11.2. The molecule has 1 aromatic heterocycles. The molecule has 0 unspecified atom stereocenters. The molecule has 4 aromatic rings. The van der Waals surface area contributed by atoms with Crippen molar-refractivity contribution >= 4 is 11.0 Å². The summed E-state index contributed by atoms with van der Waals surface area (Å²) in [5.41, 5.74) is 9.14. The Morgan fingerprint density at radius 2 is 1.44 bits per heavy atom. The van der Waals surface area contributed by atoms with Crippen LogP contribution in [0.4, 0.5) is 0 Å². The summed E-state index contributed by atoms with van der Waals surface area (Å²) in [5.74, 6) is 0. The van der Waals surface area contributed by atoms with Crippen LogP contribution in [0.3, 0.4) is 0 Å². The Morgan fingerprint density at radius 3 is 2.16 bits per heavy atom. The zero-order chi connectivity index (χ0) is 17.4. The number of hydrogen-bond acceptors (Lipinski definition) is 0. The molecule has 2 nitrogen and oxygen atoms in total. The van der Waals surface area contributed by atoms with Crippen LogP contribution in [0.2, 0.25) is 0 Å². The minimum absolute atomic E-state index is 0.887. The molecule has 0 saturated carbocycles. The van der Waals surface area contributed by atoms with Crippen LogP contribution in [0.15, 0.2) is 73.1 Å². The first kappa shape index (κ1) is 15.6. The first-order valence-corrected chi connectivity index (χ1v) is 8.75. The third-order valence-corrected chi connectivity index (χ3v) is 4.91. The van der Waals surface area contributed by atoms with E-state index in [-0.39, 0.29) is 0 Å². The van der Waals surface area contributed by atoms with Gasteiger partial charge < -0.3 is 0 Å². The summed E-state index contributed by atoms with van der Waals surface area (Å²) in [4.78, 5) is 0. The van der Waals surface area contributed by atoms with Crippen LogP contribution in [0.5, 0.6) is 0 Å². The fraction of sp³-hybridized carbons (Fsp3) is 0.174. The van der Waals surface area contributed by atoms with Gasteiger partial charge in [0.2, 0.25) is 6.33 Å². The molecule has 0 aliphatic rings. The lowest BCUT2D eigenvalue weighted by molar-refractivity contribution is -0.663. The summed E-state index contributed by atoms with van der Waals surface area (Å²) < 4.78 is 4.63. The molecule has 0 fully saturated rings. The average Bonchev–Trinajstić information content (AvgIpc) is 2.98. The van der Waals surface area contributed by atoms with E-state index in [1.54, 1.807) is 0 Å². The second-order valence-corrected chi connectivity index (χ2v) is 6.81. The zero-order valence-electron chi connectivity index (χ0n) is 15.0. The van der Waals surface area contributed by atoms with E-state index in [9.17, 15) is 0 Å². The molecule has 0 saturated heterocycles. The molecule has 0 spiro atoms.